The van der Waals surface area contributed by atoms with Crippen molar-refractivity contribution in [3.05, 3.63) is 23.8 Å². The van der Waals surface area contributed by atoms with Crippen LogP contribution in [0.3, 0.4) is 0 Å². The fraction of sp³-hybridized carbons (Fsp3) is 0.650. The molecule has 0 aromatic heterocycles. The van der Waals surface area contributed by atoms with Crippen molar-refractivity contribution < 1.29 is 9.47 Å². The maximum atomic E-state index is 5.98. The molecule has 0 atom stereocenters. The molecular formula is C20H34N4O2. The number of aliphatic imine (C=N–C) groups is 1. The Morgan fingerprint density at radius 1 is 1.19 bits per heavy atom. The van der Waals surface area contributed by atoms with Gasteiger partial charge in [0.05, 0.1) is 20.8 Å². The normalized spacial score (nSPS) is 15.9. The van der Waals surface area contributed by atoms with Crippen LogP contribution in [0.1, 0.15) is 44.1 Å². The number of nitrogens with one attached hydrogen (secondary N) is 1. The number of hydrogen-bond donors (Lipinski definition) is 2. The number of nitrogens with zero attached hydrogens (tertiary/aromatic N) is 2. The molecule has 3 N–H and O–H groups in total. The van der Waals surface area contributed by atoms with Crippen LogP contribution >= 0.6 is 0 Å². The maximum absolute atomic E-state index is 5.98. The number of rotatable bonds is 9. The molecule has 0 radical (unpaired) electrons. The molecular weight excluding hydrogens is 328 g/mol. The molecule has 26 heavy (non-hydrogen) atoms. The minimum atomic E-state index is 0.486. The van der Waals surface area contributed by atoms with Gasteiger partial charge >= 0.3 is 0 Å². The number of nitrogens with two attached hydrogens (primary N) is 1. The molecule has 1 aromatic carbocycles. The smallest absolute Gasteiger partial charge is 0.188 e. The Balaban J connectivity index is 1.69. The lowest BCUT2D eigenvalue weighted by atomic mass is 9.94. The van der Waals surface area contributed by atoms with Crippen molar-refractivity contribution >= 4 is 5.96 Å². The van der Waals surface area contributed by atoms with Crippen LogP contribution in [0.2, 0.25) is 0 Å². The maximum Gasteiger partial charge on any atom is 0.188 e. The molecule has 0 saturated heterocycles. The third-order valence-electron chi connectivity index (χ3n) is 5.07. The van der Waals surface area contributed by atoms with Gasteiger partial charge in [-0.3, -0.25) is 0 Å². The molecule has 1 aromatic rings. The molecule has 0 bridgehead atoms. The summed E-state index contributed by atoms with van der Waals surface area (Å²) in [4.78, 5) is 6.90. The highest BCUT2D eigenvalue weighted by atomic mass is 16.5. The van der Waals surface area contributed by atoms with Crippen molar-refractivity contribution in [2.24, 2.45) is 10.7 Å². The lowest BCUT2D eigenvalue weighted by molar-refractivity contribution is 0.190. The molecule has 6 heteroatoms. The average molecular weight is 363 g/mol. The lowest BCUT2D eigenvalue weighted by Crippen LogP contribution is -2.37. The van der Waals surface area contributed by atoms with Gasteiger partial charge in [0.25, 0.3) is 0 Å². The zero-order valence-electron chi connectivity index (χ0n) is 16.5. The quantitative estimate of drug-likeness (QED) is 0.401. The molecule has 6 nitrogen and oxygen atoms in total. The Morgan fingerprint density at radius 2 is 1.92 bits per heavy atom. The second-order valence-corrected chi connectivity index (χ2v) is 6.94. The number of benzene rings is 1. The van der Waals surface area contributed by atoms with Crippen molar-refractivity contribution in [2.75, 3.05) is 34.4 Å². The SMILES string of the molecule is COc1ccc(CN=C(N)NCCCN(C)C2CCCCC2)cc1OC. The van der Waals surface area contributed by atoms with Gasteiger partial charge < -0.3 is 25.4 Å². The van der Waals surface area contributed by atoms with Gasteiger partial charge in [-0.25, -0.2) is 4.99 Å². The molecule has 0 aliphatic heterocycles. The molecule has 0 heterocycles. The van der Waals surface area contributed by atoms with E-state index >= 15 is 0 Å². The standard InChI is InChI=1S/C20H34N4O2/c1-24(17-8-5-4-6-9-17)13-7-12-22-20(21)23-15-16-10-11-18(25-2)19(14-16)26-3/h10-11,14,17H,4-9,12-13,15H2,1-3H3,(H3,21,22,23). The van der Waals surface area contributed by atoms with Gasteiger partial charge in [-0.15, -0.1) is 0 Å². The molecule has 146 valence electrons. The summed E-state index contributed by atoms with van der Waals surface area (Å²) in [6, 6.07) is 6.54. The van der Waals surface area contributed by atoms with Gasteiger partial charge in [-0.05, 0) is 50.6 Å². The van der Waals surface area contributed by atoms with Crippen LogP contribution in [0, 0.1) is 0 Å². The molecule has 0 unspecified atom stereocenters. The number of guanidine groups is 1. The Labute approximate surface area is 157 Å². The second kappa shape index (κ2) is 10.9. The fourth-order valence-corrected chi connectivity index (χ4v) is 3.46. The summed E-state index contributed by atoms with van der Waals surface area (Å²) >= 11 is 0. The van der Waals surface area contributed by atoms with E-state index in [9.17, 15) is 0 Å². The van der Waals surface area contributed by atoms with E-state index in [0.717, 1.165) is 31.1 Å². The summed E-state index contributed by atoms with van der Waals surface area (Å²) in [6.07, 6.45) is 7.92. The molecule has 0 amide bonds. The van der Waals surface area contributed by atoms with Gasteiger partial charge in [-0.2, -0.15) is 0 Å². The first kappa shape index (κ1) is 20.4. The highest BCUT2D eigenvalue weighted by molar-refractivity contribution is 5.77. The van der Waals surface area contributed by atoms with E-state index in [1.807, 2.05) is 18.2 Å². The van der Waals surface area contributed by atoms with Crippen LogP contribution in [0.25, 0.3) is 0 Å². The summed E-state index contributed by atoms with van der Waals surface area (Å²) < 4.78 is 10.6. The monoisotopic (exact) mass is 362 g/mol. The Hall–Kier alpha value is -1.95. The summed E-state index contributed by atoms with van der Waals surface area (Å²) in [6.45, 7) is 2.46. The first-order chi connectivity index (χ1) is 12.6. The highest BCUT2D eigenvalue weighted by Gasteiger charge is 2.17. The van der Waals surface area contributed by atoms with Crippen molar-refractivity contribution in [1.29, 1.82) is 0 Å². The zero-order chi connectivity index (χ0) is 18.8. The van der Waals surface area contributed by atoms with Crippen molar-refractivity contribution in [1.82, 2.24) is 10.2 Å². The average Bonchev–Trinajstić information content (AvgIpc) is 2.69. The number of methoxy groups -OCH3 is 2. The number of ether oxygens (including phenoxy) is 2. The topological polar surface area (TPSA) is 72.1 Å². The summed E-state index contributed by atoms with van der Waals surface area (Å²) in [5.41, 5.74) is 7.01. The zero-order valence-corrected chi connectivity index (χ0v) is 16.5. The first-order valence-corrected chi connectivity index (χ1v) is 9.59. The Bertz CT molecular complexity index is 571. The van der Waals surface area contributed by atoms with Crippen molar-refractivity contribution in [2.45, 2.75) is 51.1 Å². The predicted molar refractivity (Wildman–Crippen MR) is 107 cm³/mol. The van der Waals surface area contributed by atoms with Crippen LogP contribution in [-0.4, -0.2) is 51.3 Å². The van der Waals surface area contributed by atoms with Gasteiger partial charge in [0.2, 0.25) is 0 Å². The highest BCUT2D eigenvalue weighted by Crippen LogP contribution is 2.27. The van der Waals surface area contributed by atoms with Gasteiger partial charge in [0, 0.05) is 12.6 Å². The van der Waals surface area contributed by atoms with E-state index < -0.39 is 0 Å². The second-order valence-electron chi connectivity index (χ2n) is 6.94. The van der Waals surface area contributed by atoms with Gasteiger partial charge in [0.1, 0.15) is 0 Å². The fourth-order valence-electron chi connectivity index (χ4n) is 3.46. The lowest BCUT2D eigenvalue weighted by Gasteiger charge is -2.31. The van der Waals surface area contributed by atoms with E-state index in [1.165, 1.54) is 32.1 Å². The third-order valence-corrected chi connectivity index (χ3v) is 5.07. The summed E-state index contributed by atoms with van der Waals surface area (Å²) in [5.74, 6) is 1.91. The van der Waals surface area contributed by atoms with Crippen LogP contribution in [-0.2, 0) is 6.54 Å². The molecule has 1 saturated carbocycles. The van der Waals surface area contributed by atoms with Crippen LogP contribution in [0.4, 0.5) is 0 Å². The van der Waals surface area contributed by atoms with Crippen molar-refractivity contribution in [3.63, 3.8) is 0 Å². The molecule has 2 rings (SSSR count). The van der Waals surface area contributed by atoms with Crippen LogP contribution < -0.4 is 20.5 Å². The predicted octanol–water partition coefficient (Wildman–Crippen LogP) is 2.76. The van der Waals surface area contributed by atoms with E-state index in [2.05, 4.69) is 22.3 Å². The van der Waals surface area contributed by atoms with E-state index in [0.29, 0.717) is 24.0 Å². The third kappa shape index (κ3) is 6.41. The minimum absolute atomic E-state index is 0.486. The largest absolute Gasteiger partial charge is 0.493 e. The first-order valence-electron chi connectivity index (χ1n) is 9.59. The van der Waals surface area contributed by atoms with Gasteiger partial charge in [0.15, 0.2) is 17.5 Å². The molecule has 1 fully saturated rings. The van der Waals surface area contributed by atoms with Crippen molar-refractivity contribution in [3.8, 4) is 11.5 Å². The Kier molecular flexibility index (Phi) is 8.54. The minimum Gasteiger partial charge on any atom is -0.493 e. The molecule has 1 aliphatic carbocycles. The van der Waals surface area contributed by atoms with Crippen LogP contribution in [0.15, 0.2) is 23.2 Å². The van der Waals surface area contributed by atoms with E-state index in [4.69, 9.17) is 15.2 Å². The van der Waals surface area contributed by atoms with Crippen LogP contribution in [0.5, 0.6) is 11.5 Å². The number of hydrogen-bond acceptors (Lipinski definition) is 4. The summed E-state index contributed by atoms with van der Waals surface area (Å²) in [5, 5.41) is 3.21. The molecule has 0 spiro atoms. The molecule has 1 aliphatic rings. The Morgan fingerprint density at radius 3 is 2.62 bits per heavy atom. The van der Waals surface area contributed by atoms with Gasteiger partial charge in [-0.1, -0.05) is 25.3 Å². The van der Waals surface area contributed by atoms with E-state index in [-0.39, 0.29) is 0 Å². The summed E-state index contributed by atoms with van der Waals surface area (Å²) in [7, 11) is 5.50. The van der Waals surface area contributed by atoms with E-state index in [1.54, 1.807) is 14.2 Å².